The molecule has 0 spiro atoms. The van der Waals surface area contributed by atoms with Crippen LogP contribution in [0.15, 0.2) is 85.0 Å². The van der Waals surface area contributed by atoms with Gasteiger partial charge >= 0.3 is 6.18 Å². The standard InChI is InChI=1S/C27H22F4N2O2/c28-20-13-9-18(10-14-20)22(17-7-11-19(12-8-17)27(29,30)31)3-1-6-26(35)33-25-5-2-4-24-23(25)15-21(34)16-32-24/h1-14,21,32,34H,15-16H2,(H,33,35)/b6-1+,22-3-. The molecular formula is C27H22F4N2O2. The summed E-state index contributed by atoms with van der Waals surface area (Å²) in [4.78, 5) is 12.5. The number of carbonyl (C=O) groups excluding carboxylic acids is 1. The number of nitrogens with one attached hydrogen (secondary N) is 2. The quantitative estimate of drug-likeness (QED) is 0.245. The summed E-state index contributed by atoms with van der Waals surface area (Å²) in [5.41, 5.74) is 3.03. The van der Waals surface area contributed by atoms with E-state index in [0.717, 1.165) is 23.4 Å². The van der Waals surface area contributed by atoms with Gasteiger partial charge in [0.15, 0.2) is 0 Å². The van der Waals surface area contributed by atoms with Gasteiger partial charge < -0.3 is 15.7 Å². The molecule has 4 rings (SSSR count). The van der Waals surface area contributed by atoms with E-state index in [2.05, 4.69) is 10.6 Å². The number of alkyl halides is 3. The fourth-order valence-corrected chi connectivity index (χ4v) is 3.86. The monoisotopic (exact) mass is 482 g/mol. The van der Waals surface area contributed by atoms with Crippen molar-refractivity contribution in [1.29, 1.82) is 0 Å². The molecule has 0 aromatic heterocycles. The van der Waals surface area contributed by atoms with E-state index in [1.54, 1.807) is 18.2 Å². The zero-order chi connectivity index (χ0) is 25.0. The Hall–Kier alpha value is -3.91. The second kappa shape index (κ2) is 10.1. The normalized spacial score (nSPS) is 16.0. The first-order valence-electron chi connectivity index (χ1n) is 10.9. The van der Waals surface area contributed by atoms with Gasteiger partial charge in [0.05, 0.1) is 11.7 Å². The summed E-state index contributed by atoms with van der Waals surface area (Å²) < 4.78 is 52.3. The van der Waals surface area contributed by atoms with E-state index < -0.39 is 29.6 Å². The lowest BCUT2D eigenvalue weighted by atomic mass is 9.96. The van der Waals surface area contributed by atoms with E-state index in [-0.39, 0.29) is 0 Å². The summed E-state index contributed by atoms with van der Waals surface area (Å²) >= 11 is 0. The topological polar surface area (TPSA) is 61.4 Å². The fourth-order valence-electron chi connectivity index (χ4n) is 3.86. The molecule has 3 aromatic rings. The maximum atomic E-state index is 13.4. The third-order valence-corrected chi connectivity index (χ3v) is 5.59. The van der Waals surface area contributed by atoms with Crippen molar-refractivity contribution < 1.29 is 27.5 Å². The van der Waals surface area contributed by atoms with Gasteiger partial charge in [-0.1, -0.05) is 42.5 Å². The molecule has 1 aliphatic rings. The van der Waals surface area contributed by atoms with Crippen molar-refractivity contribution in [1.82, 2.24) is 0 Å². The molecule has 1 heterocycles. The zero-order valence-corrected chi connectivity index (χ0v) is 18.4. The smallest absolute Gasteiger partial charge is 0.391 e. The van der Waals surface area contributed by atoms with Crippen molar-refractivity contribution >= 4 is 22.9 Å². The second-order valence-electron chi connectivity index (χ2n) is 8.08. The number of aliphatic hydroxyl groups excluding tert-OH is 1. The summed E-state index contributed by atoms with van der Waals surface area (Å²) in [6, 6.07) is 15.6. The molecule has 0 fully saturated rings. The molecule has 1 atom stereocenters. The lowest BCUT2D eigenvalue weighted by Gasteiger charge is -2.24. The number of benzene rings is 3. The molecule has 1 aliphatic heterocycles. The molecular weight excluding hydrogens is 460 g/mol. The van der Waals surface area contributed by atoms with Crippen molar-refractivity contribution in [2.45, 2.75) is 18.7 Å². The Morgan fingerprint density at radius 1 is 1.00 bits per heavy atom. The van der Waals surface area contributed by atoms with Crippen molar-refractivity contribution in [3.63, 3.8) is 0 Å². The average molecular weight is 482 g/mol. The number of anilines is 2. The Labute approximate surface area is 199 Å². The number of allylic oxidation sites excluding steroid dienone is 2. The van der Waals surface area contributed by atoms with Crippen LogP contribution in [-0.2, 0) is 17.4 Å². The molecule has 0 bridgehead atoms. The van der Waals surface area contributed by atoms with Gasteiger partial charge in [-0.3, -0.25) is 4.79 Å². The highest BCUT2D eigenvalue weighted by Crippen LogP contribution is 2.32. The largest absolute Gasteiger partial charge is 0.416 e. The molecule has 0 saturated heterocycles. The molecule has 1 unspecified atom stereocenters. The first-order chi connectivity index (χ1) is 16.7. The Kier molecular flexibility index (Phi) is 7.02. The number of β-amino-alcohol motifs (C(OH)–C–C–N with tert-alkyl or cyclic N) is 1. The summed E-state index contributed by atoms with van der Waals surface area (Å²) in [5, 5.41) is 15.8. The Morgan fingerprint density at radius 2 is 1.66 bits per heavy atom. The van der Waals surface area contributed by atoms with Crippen LogP contribution in [0, 0.1) is 5.82 Å². The fraction of sp³-hybridized carbons (Fsp3) is 0.148. The van der Waals surface area contributed by atoms with E-state index in [1.807, 2.05) is 6.07 Å². The third kappa shape index (κ3) is 5.96. The van der Waals surface area contributed by atoms with Crippen LogP contribution in [0.3, 0.4) is 0 Å². The Morgan fingerprint density at radius 3 is 2.31 bits per heavy atom. The van der Waals surface area contributed by atoms with Gasteiger partial charge in [0.25, 0.3) is 0 Å². The van der Waals surface area contributed by atoms with Crippen LogP contribution in [0.2, 0.25) is 0 Å². The highest BCUT2D eigenvalue weighted by molar-refractivity contribution is 6.00. The van der Waals surface area contributed by atoms with Gasteiger partial charge in [0.2, 0.25) is 5.91 Å². The van der Waals surface area contributed by atoms with Crippen molar-refractivity contribution in [2.75, 3.05) is 17.2 Å². The van der Waals surface area contributed by atoms with Gasteiger partial charge in [-0.15, -0.1) is 0 Å². The predicted octanol–water partition coefficient (Wildman–Crippen LogP) is 5.80. The van der Waals surface area contributed by atoms with E-state index in [9.17, 15) is 27.5 Å². The number of carbonyl (C=O) groups is 1. The van der Waals surface area contributed by atoms with Crippen LogP contribution in [0.5, 0.6) is 0 Å². The zero-order valence-electron chi connectivity index (χ0n) is 18.4. The maximum Gasteiger partial charge on any atom is 0.416 e. The minimum Gasteiger partial charge on any atom is -0.391 e. The third-order valence-electron chi connectivity index (χ3n) is 5.59. The molecule has 3 N–H and O–H groups in total. The molecule has 0 saturated carbocycles. The van der Waals surface area contributed by atoms with E-state index in [1.165, 1.54) is 48.6 Å². The van der Waals surface area contributed by atoms with Gasteiger partial charge in [-0.05, 0) is 53.1 Å². The lowest BCUT2D eigenvalue weighted by Crippen LogP contribution is -2.28. The van der Waals surface area contributed by atoms with E-state index >= 15 is 0 Å². The second-order valence-corrected chi connectivity index (χ2v) is 8.08. The highest BCUT2D eigenvalue weighted by Gasteiger charge is 2.30. The predicted molar refractivity (Wildman–Crippen MR) is 127 cm³/mol. The minimum absolute atomic E-state index is 0.408. The van der Waals surface area contributed by atoms with Gasteiger partial charge in [0, 0.05) is 36.0 Å². The number of hydrogen-bond acceptors (Lipinski definition) is 3. The summed E-state index contributed by atoms with van der Waals surface area (Å²) in [6.45, 7) is 0.436. The average Bonchev–Trinajstić information content (AvgIpc) is 2.83. The number of aliphatic hydroxyl groups is 1. The summed E-state index contributed by atoms with van der Waals surface area (Å²) in [7, 11) is 0. The number of fused-ring (bicyclic) bond motifs is 1. The van der Waals surface area contributed by atoms with Crippen LogP contribution < -0.4 is 10.6 Å². The van der Waals surface area contributed by atoms with Crippen LogP contribution in [0.1, 0.15) is 22.3 Å². The Bertz CT molecular complexity index is 1260. The van der Waals surface area contributed by atoms with Crippen molar-refractivity contribution in [3.8, 4) is 0 Å². The van der Waals surface area contributed by atoms with Gasteiger partial charge in [0.1, 0.15) is 5.82 Å². The summed E-state index contributed by atoms with van der Waals surface area (Å²) in [5.74, 6) is -0.859. The highest BCUT2D eigenvalue weighted by atomic mass is 19.4. The number of amides is 1. The number of rotatable bonds is 5. The van der Waals surface area contributed by atoms with Crippen LogP contribution in [-0.4, -0.2) is 23.7 Å². The molecule has 1 amide bonds. The van der Waals surface area contributed by atoms with Crippen molar-refractivity contribution in [3.05, 3.63) is 113 Å². The van der Waals surface area contributed by atoms with Gasteiger partial charge in [-0.2, -0.15) is 13.2 Å². The Balaban J connectivity index is 1.58. The molecule has 4 nitrogen and oxygen atoms in total. The molecule has 180 valence electrons. The first-order valence-corrected chi connectivity index (χ1v) is 10.9. The number of hydrogen-bond donors (Lipinski definition) is 3. The van der Waals surface area contributed by atoms with Crippen LogP contribution in [0.4, 0.5) is 28.9 Å². The van der Waals surface area contributed by atoms with Crippen LogP contribution in [0.25, 0.3) is 5.57 Å². The summed E-state index contributed by atoms with van der Waals surface area (Å²) in [6.07, 6.45) is -0.250. The molecule has 3 aromatic carbocycles. The van der Waals surface area contributed by atoms with E-state index in [0.29, 0.717) is 35.4 Å². The number of halogens is 4. The first kappa shape index (κ1) is 24.2. The molecule has 0 radical (unpaired) electrons. The molecule has 35 heavy (non-hydrogen) atoms. The van der Waals surface area contributed by atoms with E-state index in [4.69, 9.17) is 0 Å². The maximum absolute atomic E-state index is 13.4. The van der Waals surface area contributed by atoms with Crippen molar-refractivity contribution in [2.24, 2.45) is 0 Å². The SMILES string of the molecule is O=C(/C=C/C=C(\c1ccc(F)cc1)c1ccc(C(F)(F)F)cc1)Nc1cccc2c1CC(O)CN2. The van der Waals surface area contributed by atoms with Gasteiger partial charge in [-0.25, -0.2) is 4.39 Å². The molecule has 8 heteroatoms. The minimum atomic E-state index is -4.46. The molecule has 0 aliphatic carbocycles. The lowest BCUT2D eigenvalue weighted by molar-refractivity contribution is -0.137. The van der Waals surface area contributed by atoms with Crippen LogP contribution >= 0.6 is 0 Å².